The highest BCUT2D eigenvalue weighted by atomic mass is 79.9. The third kappa shape index (κ3) is 2.89. The molecule has 0 amide bonds. The van der Waals surface area contributed by atoms with E-state index in [1.807, 2.05) is 6.07 Å². The van der Waals surface area contributed by atoms with Gasteiger partial charge in [-0.25, -0.2) is 0 Å². The van der Waals surface area contributed by atoms with Crippen LogP contribution in [-0.4, -0.2) is 5.11 Å². The lowest BCUT2D eigenvalue weighted by Crippen LogP contribution is -2.18. The van der Waals surface area contributed by atoms with Crippen molar-refractivity contribution in [1.29, 1.82) is 0 Å². The van der Waals surface area contributed by atoms with Gasteiger partial charge in [-0.2, -0.15) is 0 Å². The number of aliphatic hydroxyl groups excluding tert-OH is 1. The van der Waals surface area contributed by atoms with Crippen molar-refractivity contribution in [3.05, 3.63) is 19.2 Å². The first-order valence-corrected chi connectivity index (χ1v) is 8.11. The molecular formula is C12H16Br2OS. The zero-order valence-corrected chi connectivity index (χ0v) is 13.2. The average Bonchev–Trinajstić information content (AvgIpc) is 2.59. The number of hydrogen-bond acceptors (Lipinski definition) is 2. The standard InChI is InChI=1S/C12H16Br2OS/c1-7-2-4-8(5-3-7)11(15)10-6-9(13)12(14)16-10/h6-8,11,15H,2-5H2,1H3. The maximum atomic E-state index is 10.3. The van der Waals surface area contributed by atoms with Crippen molar-refractivity contribution in [3.8, 4) is 0 Å². The zero-order valence-electron chi connectivity index (χ0n) is 9.25. The molecule has 4 heteroatoms. The summed E-state index contributed by atoms with van der Waals surface area (Å²) in [5.41, 5.74) is 0. The third-order valence-corrected chi connectivity index (χ3v) is 6.79. The predicted molar refractivity (Wildman–Crippen MR) is 75.8 cm³/mol. The Hall–Kier alpha value is 0.620. The molecule has 1 unspecified atom stereocenters. The number of halogens is 2. The van der Waals surface area contributed by atoms with E-state index in [1.54, 1.807) is 11.3 Å². The van der Waals surface area contributed by atoms with Crippen LogP contribution in [0.1, 0.15) is 43.6 Å². The van der Waals surface area contributed by atoms with Crippen LogP contribution in [0.25, 0.3) is 0 Å². The van der Waals surface area contributed by atoms with Gasteiger partial charge < -0.3 is 5.11 Å². The van der Waals surface area contributed by atoms with E-state index in [9.17, 15) is 5.11 Å². The molecule has 0 radical (unpaired) electrons. The quantitative estimate of drug-likeness (QED) is 0.767. The van der Waals surface area contributed by atoms with Crippen LogP contribution in [0.15, 0.2) is 14.3 Å². The Kier molecular flexibility index (Phi) is 4.50. The van der Waals surface area contributed by atoms with Gasteiger partial charge in [0.15, 0.2) is 0 Å². The van der Waals surface area contributed by atoms with Crippen molar-refractivity contribution in [2.45, 2.75) is 38.7 Å². The average molecular weight is 368 g/mol. The van der Waals surface area contributed by atoms with E-state index in [4.69, 9.17) is 0 Å². The van der Waals surface area contributed by atoms with Crippen LogP contribution in [0.4, 0.5) is 0 Å². The molecule has 0 aromatic carbocycles. The number of aliphatic hydroxyl groups is 1. The molecule has 1 heterocycles. The minimum absolute atomic E-state index is 0.278. The summed E-state index contributed by atoms with van der Waals surface area (Å²) in [6, 6.07) is 2.04. The SMILES string of the molecule is CC1CCC(C(O)c2cc(Br)c(Br)s2)CC1. The van der Waals surface area contributed by atoms with E-state index in [-0.39, 0.29) is 6.10 Å². The Balaban J connectivity index is 2.04. The summed E-state index contributed by atoms with van der Waals surface area (Å²) >= 11 is 8.59. The Labute approximate surface area is 118 Å². The summed E-state index contributed by atoms with van der Waals surface area (Å²) in [5.74, 6) is 1.29. The summed E-state index contributed by atoms with van der Waals surface area (Å²) in [6.45, 7) is 2.31. The molecule has 1 nitrogen and oxygen atoms in total. The van der Waals surface area contributed by atoms with Crippen LogP contribution >= 0.6 is 43.2 Å². The highest BCUT2D eigenvalue weighted by Gasteiger charge is 2.27. The molecule has 1 aromatic rings. The van der Waals surface area contributed by atoms with Crippen molar-refractivity contribution in [1.82, 2.24) is 0 Å². The Morgan fingerprint density at radius 2 is 1.94 bits per heavy atom. The van der Waals surface area contributed by atoms with Crippen LogP contribution in [0.3, 0.4) is 0 Å². The van der Waals surface area contributed by atoms with Gasteiger partial charge >= 0.3 is 0 Å². The lowest BCUT2D eigenvalue weighted by atomic mass is 9.80. The van der Waals surface area contributed by atoms with Crippen LogP contribution in [-0.2, 0) is 0 Å². The Morgan fingerprint density at radius 1 is 1.31 bits per heavy atom. The smallest absolute Gasteiger partial charge is 0.0910 e. The van der Waals surface area contributed by atoms with Crippen LogP contribution in [0.2, 0.25) is 0 Å². The topological polar surface area (TPSA) is 20.2 Å². The second-order valence-corrected chi connectivity index (χ2v) is 7.99. The second kappa shape index (κ2) is 5.51. The molecule has 2 rings (SSSR count). The third-order valence-electron chi connectivity index (χ3n) is 3.46. The van der Waals surface area contributed by atoms with E-state index in [0.29, 0.717) is 5.92 Å². The maximum Gasteiger partial charge on any atom is 0.0910 e. The monoisotopic (exact) mass is 366 g/mol. The summed E-state index contributed by atoms with van der Waals surface area (Å²) in [5, 5.41) is 10.3. The van der Waals surface area contributed by atoms with Crippen LogP contribution < -0.4 is 0 Å². The molecule has 0 aliphatic heterocycles. The molecule has 1 saturated carbocycles. The van der Waals surface area contributed by atoms with Crippen LogP contribution in [0.5, 0.6) is 0 Å². The van der Waals surface area contributed by atoms with Gasteiger partial charge in [-0.3, -0.25) is 0 Å². The summed E-state index contributed by atoms with van der Waals surface area (Å²) < 4.78 is 2.13. The van der Waals surface area contributed by atoms with E-state index >= 15 is 0 Å². The molecule has 1 fully saturated rings. The largest absolute Gasteiger partial charge is 0.387 e. The van der Waals surface area contributed by atoms with Crippen molar-refractivity contribution >= 4 is 43.2 Å². The highest BCUT2D eigenvalue weighted by molar-refractivity contribution is 9.13. The van der Waals surface area contributed by atoms with Gasteiger partial charge in [0, 0.05) is 9.35 Å². The first-order chi connectivity index (χ1) is 7.58. The van der Waals surface area contributed by atoms with Gasteiger partial charge in [0.05, 0.1) is 9.89 Å². The second-order valence-electron chi connectivity index (χ2n) is 4.74. The van der Waals surface area contributed by atoms with E-state index in [0.717, 1.165) is 31.9 Å². The Morgan fingerprint density at radius 3 is 2.44 bits per heavy atom. The molecule has 1 atom stereocenters. The zero-order chi connectivity index (χ0) is 11.7. The number of thiophene rings is 1. The Bertz CT molecular complexity index is 336. The molecule has 1 aromatic heterocycles. The molecule has 1 N–H and O–H groups in total. The van der Waals surface area contributed by atoms with E-state index in [2.05, 4.69) is 38.8 Å². The normalized spacial score (nSPS) is 28.0. The highest BCUT2D eigenvalue weighted by Crippen LogP contribution is 2.42. The fourth-order valence-corrected chi connectivity index (χ4v) is 4.51. The molecule has 16 heavy (non-hydrogen) atoms. The molecule has 90 valence electrons. The maximum absolute atomic E-state index is 10.3. The molecule has 0 bridgehead atoms. The van der Waals surface area contributed by atoms with Crippen molar-refractivity contribution in [3.63, 3.8) is 0 Å². The van der Waals surface area contributed by atoms with Gasteiger partial charge in [-0.15, -0.1) is 11.3 Å². The fraction of sp³-hybridized carbons (Fsp3) is 0.667. The van der Waals surface area contributed by atoms with Gasteiger partial charge in [0.1, 0.15) is 0 Å². The van der Waals surface area contributed by atoms with E-state index in [1.165, 1.54) is 12.8 Å². The lowest BCUT2D eigenvalue weighted by molar-refractivity contribution is 0.0784. The van der Waals surface area contributed by atoms with Crippen LogP contribution in [0, 0.1) is 11.8 Å². The first-order valence-electron chi connectivity index (χ1n) is 5.70. The molecule has 1 aliphatic carbocycles. The van der Waals surface area contributed by atoms with Gasteiger partial charge in [0.2, 0.25) is 0 Å². The minimum Gasteiger partial charge on any atom is -0.387 e. The van der Waals surface area contributed by atoms with Crippen molar-refractivity contribution < 1.29 is 5.11 Å². The summed E-state index contributed by atoms with van der Waals surface area (Å²) in [6.07, 6.45) is 4.57. The van der Waals surface area contributed by atoms with E-state index < -0.39 is 0 Å². The summed E-state index contributed by atoms with van der Waals surface area (Å²) in [4.78, 5) is 1.08. The van der Waals surface area contributed by atoms with Crippen molar-refractivity contribution in [2.75, 3.05) is 0 Å². The molecule has 1 aliphatic rings. The van der Waals surface area contributed by atoms with Gasteiger partial charge in [-0.05, 0) is 62.6 Å². The number of rotatable bonds is 2. The van der Waals surface area contributed by atoms with Gasteiger partial charge in [0.25, 0.3) is 0 Å². The number of hydrogen-bond donors (Lipinski definition) is 1. The van der Waals surface area contributed by atoms with Gasteiger partial charge in [-0.1, -0.05) is 19.8 Å². The summed E-state index contributed by atoms with van der Waals surface area (Å²) in [7, 11) is 0. The molecule has 0 spiro atoms. The minimum atomic E-state index is -0.278. The first kappa shape index (κ1) is 13.1. The lowest BCUT2D eigenvalue weighted by Gasteiger charge is -2.29. The molecular weight excluding hydrogens is 352 g/mol. The van der Waals surface area contributed by atoms with Crippen molar-refractivity contribution in [2.24, 2.45) is 11.8 Å². The predicted octanol–water partition coefficient (Wildman–Crippen LogP) is 5.13. The molecule has 0 saturated heterocycles. The fourth-order valence-electron chi connectivity index (χ4n) is 2.34.